The van der Waals surface area contributed by atoms with E-state index >= 15 is 0 Å². The van der Waals surface area contributed by atoms with Crippen LogP contribution in [0.5, 0.6) is 0 Å². The molecule has 0 aliphatic heterocycles. The predicted octanol–water partition coefficient (Wildman–Crippen LogP) is 2.32. The number of thiophene rings is 2. The maximum absolute atomic E-state index is 12.2. The summed E-state index contributed by atoms with van der Waals surface area (Å²) in [6, 6.07) is 0. The Morgan fingerprint density at radius 2 is 1.08 bits per heavy atom. The first-order chi connectivity index (χ1) is 16.9. The van der Waals surface area contributed by atoms with Crippen molar-refractivity contribution in [3.05, 3.63) is 32.0 Å². The number of ether oxygens (including phenoxy) is 2. The van der Waals surface area contributed by atoms with Crippen LogP contribution in [0.4, 0.5) is 10.0 Å². The summed E-state index contributed by atoms with van der Waals surface area (Å²) in [7, 11) is 0. The Kier molecular flexibility index (Phi) is 9.69. The summed E-state index contributed by atoms with van der Waals surface area (Å²) in [5.74, 6) is -3.21. The molecule has 0 saturated carbocycles. The summed E-state index contributed by atoms with van der Waals surface area (Å²) in [4.78, 5) is 49.7. The number of nitrogens with zero attached hydrogens (tertiary/aromatic N) is 2. The van der Waals surface area contributed by atoms with E-state index in [-0.39, 0.29) is 34.3 Å². The van der Waals surface area contributed by atoms with Crippen LogP contribution in [0.3, 0.4) is 0 Å². The zero-order valence-electron chi connectivity index (χ0n) is 20.7. The van der Waals surface area contributed by atoms with E-state index in [9.17, 15) is 19.2 Å². The predicted molar refractivity (Wildman–Crippen MR) is 140 cm³/mol. The SMILES string of the molecule is CCOC(=O)c1c(N)sc(/C(C)=N/NC(=O)C(=O)N/N=C(\C)c2sc(N)c(C(=O)OCC)c2C)c1C. The molecule has 2 aromatic rings. The van der Waals surface area contributed by atoms with Crippen molar-refractivity contribution in [3.8, 4) is 0 Å². The number of hydrogen-bond acceptors (Lipinski definition) is 12. The fourth-order valence-electron chi connectivity index (χ4n) is 3.15. The lowest BCUT2D eigenvalue weighted by Gasteiger charge is -2.04. The number of anilines is 2. The summed E-state index contributed by atoms with van der Waals surface area (Å²) in [6.45, 7) is 10.3. The average Bonchev–Trinajstić information content (AvgIpc) is 3.29. The molecule has 0 aromatic carbocycles. The molecule has 12 nitrogen and oxygen atoms in total. The maximum atomic E-state index is 12.2. The van der Waals surface area contributed by atoms with Crippen LogP contribution in [0.2, 0.25) is 0 Å². The molecule has 0 spiro atoms. The molecule has 36 heavy (non-hydrogen) atoms. The third kappa shape index (κ3) is 6.26. The first-order valence-electron chi connectivity index (χ1n) is 10.8. The van der Waals surface area contributed by atoms with Crippen LogP contribution in [-0.2, 0) is 19.1 Å². The fourth-order valence-corrected chi connectivity index (χ4v) is 5.16. The Morgan fingerprint density at radius 3 is 1.39 bits per heavy atom. The number of carbonyl (C=O) groups excluding carboxylic acids is 4. The van der Waals surface area contributed by atoms with E-state index < -0.39 is 23.8 Å². The second-order valence-electron chi connectivity index (χ2n) is 7.31. The molecule has 2 amide bonds. The van der Waals surface area contributed by atoms with Crippen molar-refractivity contribution >= 4 is 67.9 Å². The maximum Gasteiger partial charge on any atom is 0.341 e. The van der Waals surface area contributed by atoms with Gasteiger partial charge in [0.25, 0.3) is 0 Å². The van der Waals surface area contributed by atoms with Crippen molar-refractivity contribution in [1.29, 1.82) is 0 Å². The Hall–Kier alpha value is -3.78. The Labute approximate surface area is 215 Å². The third-order valence-electron chi connectivity index (χ3n) is 4.82. The number of hydrogen-bond donors (Lipinski definition) is 4. The summed E-state index contributed by atoms with van der Waals surface area (Å²) in [5, 5.41) is 8.39. The van der Waals surface area contributed by atoms with Gasteiger partial charge in [-0.1, -0.05) is 0 Å². The summed E-state index contributed by atoms with van der Waals surface area (Å²) >= 11 is 2.23. The Balaban J connectivity index is 2.10. The molecule has 0 fully saturated rings. The second-order valence-corrected chi connectivity index (χ2v) is 9.41. The monoisotopic (exact) mass is 536 g/mol. The van der Waals surface area contributed by atoms with Crippen molar-refractivity contribution in [2.45, 2.75) is 41.5 Å². The molecular formula is C22H28N6O6S2. The quantitative estimate of drug-likeness (QED) is 0.171. The largest absolute Gasteiger partial charge is 0.462 e. The number of nitrogens with two attached hydrogens (primary N) is 2. The second kappa shape index (κ2) is 12.3. The van der Waals surface area contributed by atoms with Crippen molar-refractivity contribution in [3.63, 3.8) is 0 Å². The topological polar surface area (TPSA) is 188 Å². The van der Waals surface area contributed by atoms with E-state index in [2.05, 4.69) is 21.1 Å². The highest BCUT2D eigenvalue weighted by Gasteiger charge is 2.23. The molecule has 2 heterocycles. The molecule has 0 unspecified atom stereocenters. The lowest BCUT2D eigenvalue weighted by Crippen LogP contribution is -2.36. The van der Waals surface area contributed by atoms with E-state index in [1.165, 1.54) is 0 Å². The number of esters is 2. The van der Waals surface area contributed by atoms with Crippen LogP contribution >= 0.6 is 22.7 Å². The smallest absolute Gasteiger partial charge is 0.341 e. The van der Waals surface area contributed by atoms with Crippen LogP contribution in [0.25, 0.3) is 0 Å². The van der Waals surface area contributed by atoms with Crippen LogP contribution in [-0.4, -0.2) is 48.4 Å². The van der Waals surface area contributed by atoms with Gasteiger partial charge in [-0.25, -0.2) is 20.4 Å². The molecule has 0 aliphatic rings. The Bertz CT molecular complexity index is 1160. The third-order valence-corrected chi connectivity index (χ3v) is 7.28. The van der Waals surface area contributed by atoms with E-state index in [0.29, 0.717) is 32.3 Å². The number of nitrogens with one attached hydrogen (secondary N) is 2. The molecule has 0 saturated heterocycles. The minimum Gasteiger partial charge on any atom is -0.462 e. The van der Waals surface area contributed by atoms with Crippen LogP contribution < -0.4 is 22.3 Å². The van der Waals surface area contributed by atoms with E-state index in [4.69, 9.17) is 20.9 Å². The van der Waals surface area contributed by atoms with Gasteiger partial charge in [-0.3, -0.25) is 9.59 Å². The molecule has 0 radical (unpaired) electrons. The van der Waals surface area contributed by atoms with Gasteiger partial charge in [-0.2, -0.15) is 10.2 Å². The van der Waals surface area contributed by atoms with Crippen molar-refractivity contribution in [2.75, 3.05) is 24.7 Å². The molecular weight excluding hydrogens is 508 g/mol. The highest BCUT2D eigenvalue weighted by molar-refractivity contribution is 7.18. The minimum absolute atomic E-state index is 0.203. The van der Waals surface area contributed by atoms with Gasteiger partial charge in [0.05, 0.1) is 45.5 Å². The number of carbonyl (C=O) groups is 4. The van der Waals surface area contributed by atoms with E-state index in [1.807, 2.05) is 0 Å². The van der Waals surface area contributed by atoms with Gasteiger partial charge >= 0.3 is 23.8 Å². The minimum atomic E-state index is -1.06. The van der Waals surface area contributed by atoms with Gasteiger partial charge in [0.2, 0.25) is 0 Å². The van der Waals surface area contributed by atoms with Crippen molar-refractivity contribution in [1.82, 2.24) is 10.9 Å². The molecule has 194 valence electrons. The first kappa shape index (κ1) is 28.5. The van der Waals surface area contributed by atoms with Crippen molar-refractivity contribution < 1.29 is 28.7 Å². The molecule has 14 heteroatoms. The van der Waals surface area contributed by atoms with Crippen LogP contribution in [0, 0.1) is 13.8 Å². The summed E-state index contributed by atoms with van der Waals surface area (Å²) in [6.07, 6.45) is 0. The van der Waals surface area contributed by atoms with E-state index in [1.54, 1.807) is 41.5 Å². The summed E-state index contributed by atoms with van der Waals surface area (Å²) in [5.41, 5.74) is 18.5. The normalized spacial score (nSPS) is 11.7. The number of amides is 2. The zero-order chi connectivity index (χ0) is 27.2. The van der Waals surface area contributed by atoms with Gasteiger partial charge < -0.3 is 20.9 Å². The summed E-state index contributed by atoms with van der Waals surface area (Å²) < 4.78 is 10.0. The lowest BCUT2D eigenvalue weighted by molar-refractivity contribution is -0.139. The van der Waals surface area contributed by atoms with Gasteiger partial charge in [-0.05, 0) is 52.7 Å². The highest BCUT2D eigenvalue weighted by atomic mass is 32.1. The lowest BCUT2D eigenvalue weighted by atomic mass is 10.1. The van der Waals surface area contributed by atoms with Gasteiger partial charge in [0.15, 0.2) is 0 Å². The van der Waals surface area contributed by atoms with E-state index in [0.717, 1.165) is 22.7 Å². The molecule has 2 aromatic heterocycles. The standard InChI is InChI=1S/C22H28N6O6S2/c1-7-33-21(31)13-9(3)15(35-17(13)23)11(5)25-27-19(29)20(30)28-26-12(6)16-10(4)14(18(24)36-16)22(32)34-8-2/h7-8,23-24H2,1-6H3,(H,27,29)(H,28,30)/b25-11+,26-12+. The van der Waals surface area contributed by atoms with Gasteiger partial charge in [0.1, 0.15) is 10.0 Å². The van der Waals surface area contributed by atoms with Crippen LogP contribution in [0.1, 0.15) is 69.3 Å². The molecule has 6 N–H and O–H groups in total. The van der Waals surface area contributed by atoms with Gasteiger partial charge in [0, 0.05) is 0 Å². The molecule has 2 rings (SSSR count). The van der Waals surface area contributed by atoms with Crippen molar-refractivity contribution in [2.24, 2.45) is 10.2 Å². The van der Waals surface area contributed by atoms with Crippen LogP contribution in [0.15, 0.2) is 10.2 Å². The number of rotatable bonds is 8. The fraction of sp³-hybridized carbons (Fsp3) is 0.364. The highest BCUT2D eigenvalue weighted by Crippen LogP contribution is 2.32. The number of hydrazone groups is 2. The zero-order valence-corrected chi connectivity index (χ0v) is 22.4. The molecule has 0 atom stereocenters. The van der Waals surface area contributed by atoms with Gasteiger partial charge in [-0.15, -0.1) is 22.7 Å². The number of nitrogen functional groups attached to an aromatic ring is 2. The first-order valence-corrected chi connectivity index (χ1v) is 12.4. The Morgan fingerprint density at radius 1 is 0.750 bits per heavy atom. The molecule has 0 bridgehead atoms. The molecule has 0 aliphatic carbocycles. The average molecular weight is 537 g/mol.